The van der Waals surface area contributed by atoms with Crippen molar-refractivity contribution in [3.05, 3.63) is 46.6 Å². The van der Waals surface area contributed by atoms with Gasteiger partial charge in [-0.25, -0.2) is 0 Å². The molecule has 1 aromatic carbocycles. The summed E-state index contributed by atoms with van der Waals surface area (Å²) in [4.78, 5) is 16.0. The van der Waals surface area contributed by atoms with E-state index in [0.29, 0.717) is 16.7 Å². The Hall–Kier alpha value is -1.92. The molecule has 0 aliphatic rings. The SMILES string of the molecule is Cc1nc(C(NC(=O)C(C)N)c2ccc(Cl)cc2)no1. The van der Waals surface area contributed by atoms with Crippen LogP contribution in [0.1, 0.15) is 30.2 Å². The van der Waals surface area contributed by atoms with Crippen molar-refractivity contribution in [3.8, 4) is 0 Å². The van der Waals surface area contributed by atoms with Gasteiger partial charge in [0.25, 0.3) is 0 Å². The zero-order valence-electron chi connectivity index (χ0n) is 11.1. The van der Waals surface area contributed by atoms with Gasteiger partial charge in [0.15, 0.2) is 5.82 Å². The summed E-state index contributed by atoms with van der Waals surface area (Å²) in [5.41, 5.74) is 6.37. The van der Waals surface area contributed by atoms with Gasteiger partial charge < -0.3 is 15.6 Å². The summed E-state index contributed by atoms with van der Waals surface area (Å²) in [5, 5.41) is 7.25. The minimum absolute atomic E-state index is 0.299. The van der Waals surface area contributed by atoms with E-state index in [1.54, 1.807) is 38.1 Å². The molecule has 0 spiro atoms. The van der Waals surface area contributed by atoms with Gasteiger partial charge in [0.1, 0.15) is 6.04 Å². The molecule has 0 radical (unpaired) electrons. The zero-order chi connectivity index (χ0) is 14.7. The summed E-state index contributed by atoms with van der Waals surface area (Å²) in [7, 11) is 0. The number of nitrogens with zero attached hydrogens (tertiary/aromatic N) is 2. The minimum atomic E-state index is -0.627. The minimum Gasteiger partial charge on any atom is -0.341 e. The van der Waals surface area contributed by atoms with Crippen LogP contribution in [-0.4, -0.2) is 22.1 Å². The lowest BCUT2D eigenvalue weighted by molar-refractivity contribution is -0.122. The number of carbonyl (C=O) groups excluding carboxylic acids is 1. The van der Waals surface area contributed by atoms with Crippen LogP contribution in [0.25, 0.3) is 0 Å². The van der Waals surface area contributed by atoms with Gasteiger partial charge in [-0.1, -0.05) is 28.9 Å². The monoisotopic (exact) mass is 294 g/mol. The number of carbonyl (C=O) groups is 1. The molecule has 1 heterocycles. The molecule has 1 amide bonds. The van der Waals surface area contributed by atoms with Gasteiger partial charge in [0.2, 0.25) is 11.8 Å². The standard InChI is InChI=1S/C13H15ClN4O2/c1-7(15)13(19)17-11(12-16-8(2)20-18-12)9-3-5-10(14)6-4-9/h3-7,11H,15H2,1-2H3,(H,17,19). The number of rotatable bonds is 4. The molecule has 0 aliphatic carbocycles. The van der Waals surface area contributed by atoms with Crippen LogP contribution < -0.4 is 11.1 Å². The highest BCUT2D eigenvalue weighted by molar-refractivity contribution is 6.30. The average Bonchev–Trinajstić information content (AvgIpc) is 2.83. The molecule has 0 saturated heterocycles. The highest BCUT2D eigenvalue weighted by Crippen LogP contribution is 2.21. The van der Waals surface area contributed by atoms with E-state index in [4.69, 9.17) is 21.9 Å². The number of nitrogens with one attached hydrogen (secondary N) is 1. The molecular formula is C13H15ClN4O2. The fourth-order valence-corrected chi connectivity index (χ4v) is 1.78. The van der Waals surface area contributed by atoms with E-state index in [0.717, 1.165) is 5.56 Å². The Kier molecular flexibility index (Phi) is 4.36. The zero-order valence-corrected chi connectivity index (χ0v) is 11.9. The molecular weight excluding hydrogens is 280 g/mol. The van der Waals surface area contributed by atoms with Gasteiger partial charge in [-0.15, -0.1) is 0 Å². The molecule has 0 aliphatic heterocycles. The van der Waals surface area contributed by atoms with Crippen molar-refractivity contribution in [3.63, 3.8) is 0 Å². The van der Waals surface area contributed by atoms with Crippen LogP contribution in [0.3, 0.4) is 0 Å². The molecule has 6 nitrogen and oxygen atoms in total. The lowest BCUT2D eigenvalue weighted by Gasteiger charge is -2.17. The normalized spacial score (nSPS) is 13.8. The number of benzene rings is 1. The molecule has 0 fully saturated rings. The second-order valence-electron chi connectivity index (χ2n) is 4.45. The first-order valence-electron chi connectivity index (χ1n) is 6.09. The van der Waals surface area contributed by atoms with Crippen LogP contribution in [0.2, 0.25) is 5.02 Å². The van der Waals surface area contributed by atoms with Crippen LogP contribution in [0.4, 0.5) is 0 Å². The third kappa shape index (κ3) is 3.34. The van der Waals surface area contributed by atoms with Crippen molar-refractivity contribution in [1.82, 2.24) is 15.5 Å². The first-order chi connectivity index (χ1) is 9.47. The van der Waals surface area contributed by atoms with Crippen LogP contribution in [0.5, 0.6) is 0 Å². The fourth-order valence-electron chi connectivity index (χ4n) is 1.66. The van der Waals surface area contributed by atoms with Crippen molar-refractivity contribution >= 4 is 17.5 Å². The van der Waals surface area contributed by atoms with E-state index in [2.05, 4.69) is 15.5 Å². The quantitative estimate of drug-likeness (QED) is 0.893. The second-order valence-corrected chi connectivity index (χ2v) is 4.89. The number of aromatic nitrogens is 2. The van der Waals surface area contributed by atoms with Crippen molar-refractivity contribution in [2.75, 3.05) is 0 Å². The lowest BCUT2D eigenvalue weighted by Crippen LogP contribution is -2.40. The predicted molar refractivity (Wildman–Crippen MR) is 74.1 cm³/mol. The lowest BCUT2D eigenvalue weighted by atomic mass is 10.1. The fraction of sp³-hybridized carbons (Fsp3) is 0.308. The summed E-state index contributed by atoms with van der Waals surface area (Å²) in [6.45, 7) is 3.29. The van der Waals surface area contributed by atoms with Gasteiger partial charge >= 0.3 is 0 Å². The van der Waals surface area contributed by atoms with Crippen molar-refractivity contribution in [1.29, 1.82) is 0 Å². The van der Waals surface area contributed by atoms with Crippen molar-refractivity contribution < 1.29 is 9.32 Å². The second kappa shape index (κ2) is 6.02. The van der Waals surface area contributed by atoms with Gasteiger partial charge in [-0.3, -0.25) is 4.79 Å². The predicted octanol–water partition coefficient (Wildman–Crippen LogP) is 1.58. The molecule has 7 heteroatoms. The van der Waals surface area contributed by atoms with Crippen LogP contribution >= 0.6 is 11.6 Å². The van der Waals surface area contributed by atoms with E-state index in [-0.39, 0.29) is 5.91 Å². The Morgan fingerprint density at radius 2 is 2.05 bits per heavy atom. The first-order valence-corrected chi connectivity index (χ1v) is 6.47. The molecule has 20 heavy (non-hydrogen) atoms. The maximum atomic E-state index is 11.8. The smallest absolute Gasteiger partial charge is 0.237 e. The Balaban J connectivity index is 2.33. The van der Waals surface area contributed by atoms with Gasteiger partial charge in [-0.2, -0.15) is 4.98 Å². The van der Waals surface area contributed by atoms with Gasteiger partial charge in [0, 0.05) is 11.9 Å². The number of nitrogens with two attached hydrogens (primary N) is 1. The highest BCUT2D eigenvalue weighted by atomic mass is 35.5. The summed E-state index contributed by atoms with van der Waals surface area (Å²) < 4.78 is 4.96. The van der Waals surface area contributed by atoms with E-state index in [1.165, 1.54) is 0 Å². The summed E-state index contributed by atoms with van der Waals surface area (Å²) >= 11 is 5.87. The number of halogens is 1. The summed E-state index contributed by atoms with van der Waals surface area (Å²) in [6.07, 6.45) is 0. The Bertz CT molecular complexity index is 595. The molecule has 0 bridgehead atoms. The topological polar surface area (TPSA) is 94.0 Å². The molecule has 2 atom stereocenters. The number of hydrogen-bond donors (Lipinski definition) is 2. The van der Waals surface area contributed by atoms with Crippen LogP contribution in [0, 0.1) is 6.92 Å². The van der Waals surface area contributed by atoms with Crippen LogP contribution in [0.15, 0.2) is 28.8 Å². The summed E-state index contributed by atoms with van der Waals surface area (Å²) in [6, 6.07) is 5.89. The maximum Gasteiger partial charge on any atom is 0.237 e. The third-order valence-corrected chi connectivity index (χ3v) is 2.96. The molecule has 2 unspecified atom stereocenters. The van der Waals surface area contributed by atoms with Gasteiger partial charge in [-0.05, 0) is 24.6 Å². The molecule has 106 valence electrons. The van der Waals surface area contributed by atoms with Crippen molar-refractivity contribution in [2.45, 2.75) is 25.9 Å². The Morgan fingerprint density at radius 3 is 2.55 bits per heavy atom. The Labute approximate surface area is 121 Å². The highest BCUT2D eigenvalue weighted by Gasteiger charge is 2.23. The number of aryl methyl sites for hydroxylation is 1. The van der Waals surface area contributed by atoms with Gasteiger partial charge in [0.05, 0.1) is 6.04 Å². The van der Waals surface area contributed by atoms with E-state index in [9.17, 15) is 4.79 Å². The molecule has 2 aromatic rings. The first kappa shape index (κ1) is 14.5. The van der Waals surface area contributed by atoms with Crippen molar-refractivity contribution in [2.24, 2.45) is 5.73 Å². The van der Waals surface area contributed by atoms with E-state index in [1.807, 2.05) is 0 Å². The molecule has 2 rings (SSSR count). The molecule has 1 aromatic heterocycles. The number of hydrogen-bond acceptors (Lipinski definition) is 5. The average molecular weight is 295 g/mol. The number of amides is 1. The van der Waals surface area contributed by atoms with Crippen LogP contribution in [-0.2, 0) is 4.79 Å². The third-order valence-electron chi connectivity index (χ3n) is 2.70. The van der Waals surface area contributed by atoms with E-state index >= 15 is 0 Å². The molecule has 0 saturated carbocycles. The largest absolute Gasteiger partial charge is 0.341 e. The summed E-state index contributed by atoms with van der Waals surface area (Å²) in [5.74, 6) is 0.500. The van der Waals surface area contributed by atoms with E-state index < -0.39 is 12.1 Å². The Morgan fingerprint density at radius 1 is 1.40 bits per heavy atom. The maximum absolute atomic E-state index is 11.8. The molecule has 3 N–H and O–H groups in total.